The molecule has 2 nitrogen and oxygen atoms in total. The molecular formula is C10H14F3NO. The lowest BCUT2D eigenvalue weighted by atomic mass is 10.2. The molecule has 1 amide bonds. The van der Waals surface area contributed by atoms with Crippen molar-refractivity contribution in [2.45, 2.75) is 38.4 Å². The van der Waals surface area contributed by atoms with Gasteiger partial charge in [-0.1, -0.05) is 13.0 Å². The number of rotatable bonds is 2. The van der Waals surface area contributed by atoms with Crippen LogP contribution in [-0.2, 0) is 4.79 Å². The molecule has 1 saturated heterocycles. The van der Waals surface area contributed by atoms with Crippen LogP contribution in [0.3, 0.4) is 0 Å². The van der Waals surface area contributed by atoms with Gasteiger partial charge in [0.25, 0.3) is 0 Å². The van der Waals surface area contributed by atoms with Crippen molar-refractivity contribution in [1.82, 2.24) is 4.90 Å². The third-order valence-corrected chi connectivity index (χ3v) is 2.43. The van der Waals surface area contributed by atoms with E-state index in [-0.39, 0.29) is 18.0 Å². The highest BCUT2D eigenvalue weighted by atomic mass is 19.4. The summed E-state index contributed by atoms with van der Waals surface area (Å²) in [5.41, 5.74) is 0. The van der Waals surface area contributed by atoms with E-state index in [0.717, 1.165) is 12.5 Å². The summed E-state index contributed by atoms with van der Waals surface area (Å²) in [5.74, 6) is -0.0793. The minimum atomic E-state index is -4.29. The quantitative estimate of drug-likeness (QED) is 0.656. The number of hydrogen-bond donors (Lipinski definition) is 0. The molecule has 0 saturated carbocycles. The Morgan fingerprint density at radius 2 is 2.20 bits per heavy atom. The van der Waals surface area contributed by atoms with E-state index in [1.807, 2.05) is 0 Å². The highest BCUT2D eigenvalue weighted by Crippen LogP contribution is 2.22. The van der Waals surface area contributed by atoms with E-state index in [0.29, 0.717) is 19.4 Å². The summed E-state index contributed by atoms with van der Waals surface area (Å²) in [6.45, 7) is 2.28. The van der Waals surface area contributed by atoms with Crippen molar-refractivity contribution in [3.05, 3.63) is 12.2 Å². The first-order valence-corrected chi connectivity index (χ1v) is 4.99. The lowest BCUT2D eigenvalue weighted by Gasteiger charge is -2.21. The lowest BCUT2D eigenvalue weighted by molar-refractivity contribution is -0.131. The van der Waals surface area contributed by atoms with Gasteiger partial charge in [0, 0.05) is 19.0 Å². The van der Waals surface area contributed by atoms with Crippen molar-refractivity contribution >= 4 is 5.91 Å². The number of likely N-dealkylation sites (tertiary alicyclic amines) is 1. The van der Waals surface area contributed by atoms with Crippen molar-refractivity contribution < 1.29 is 18.0 Å². The number of carbonyl (C=O) groups excluding carboxylic acids is 1. The van der Waals surface area contributed by atoms with Gasteiger partial charge in [0.1, 0.15) is 0 Å². The summed E-state index contributed by atoms with van der Waals surface area (Å²) in [6.07, 6.45) is -1.24. The van der Waals surface area contributed by atoms with Crippen LogP contribution in [0.1, 0.15) is 26.2 Å². The SMILES string of the molecule is CCC(=O)N1CCC[C@H]1/C=C/C(F)(F)F. The Bertz CT molecular complexity index is 260. The number of hydrogen-bond acceptors (Lipinski definition) is 1. The van der Waals surface area contributed by atoms with E-state index in [9.17, 15) is 18.0 Å². The Morgan fingerprint density at radius 1 is 1.53 bits per heavy atom. The minimum Gasteiger partial charge on any atom is -0.336 e. The maximum Gasteiger partial charge on any atom is 0.409 e. The Kier molecular flexibility index (Phi) is 3.77. The van der Waals surface area contributed by atoms with Gasteiger partial charge in [-0.15, -0.1) is 0 Å². The van der Waals surface area contributed by atoms with Gasteiger partial charge in [-0.05, 0) is 12.8 Å². The highest BCUT2D eigenvalue weighted by Gasteiger charge is 2.28. The molecule has 1 rings (SSSR count). The highest BCUT2D eigenvalue weighted by molar-refractivity contribution is 5.76. The van der Waals surface area contributed by atoms with E-state index in [2.05, 4.69) is 0 Å². The second-order valence-corrected chi connectivity index (χ2v) is 3.55. The Labute approximate surface area is 86.7 Å². The fourth-order valence-corrected chi connectivity index (χ4v) is 1.73. The molecule has 86 valence electrons. The van der Waals surface area contributed by atoms with Crippen LogP contribution in [0.2, 0.25) is 0 Å². The number of alkyl halides is 3. The molecular weight excluding hydrogens is 207 g/mol. The zero-order valence-corrected chi connectivity index (χ0v) is 8.55. The second kappa shape index (κ2) is 4.68. The van der Waals surface area contributed by atoms with Crippen LogP contribution in [0.4, 0.5) is 13.2 Å². The summed E-state index contributed by atoms with van der Waals surface area (Å²) in [7, 11) is 0. The number of halogens is 3. The van der Waals surface area contributed by atoms with Gasteiger partial charge >= 0.3 is 6.18 Å². The van der Waals surface area contributed by atoms with Gasteiger partial charge in [0.05, 0.1) is 6.04 Å². The van der Waals surface area contributed by atoms with Crippen LogP contribution in [-0.4, -0.2) is 29.6 Å². The first kappa shape index (κ1) is 12.1. The number of amides is 1. The summed E-state index contributed by atoms with van der Waals surface area (Å²) in [6, 6.07) is -0.376. The molecule has 0 radical (unpaired) electrons. The van der Waals surface area contributed by atoms with Gasteiger partial charge in [0.15, 0.2) is 0 Å². The van der Waals surface area contributed by atoms with E-state index in [1.54, 1.807) is 6.92 Å². The number of nitrogens with zero attached hydrogens (tertiary/aromatic N) is 1. The van der Waals surface area contributed by atoms with Gasteiger partial charge in [-0.2, -0.15) is 13.2 Å². The Morgan fingerprint density at radius 3 is 2.73 bits per heavy atom. The van der Waals surface area contributed by atoms with Crippen molar-refractivity contribution in [2.24, 2.45) is 0 Å². The van der Waals surface area contributed by atoms with Crippen molar-refractivity contribution in [3.8, 4) is 0 Å². The molecule has 1 heterocycles. The standard InChI is InChI=1S/C10H14F3NO/c1-2-9(15)14-7-3-4-8(14)5-6-10(11,12)13/h5-6,8H,2-4,7H2,1H3/b6-5+/t8-/m0/s1. The molecule has 0 aromatic heterocycles. The topological polar surface area (TPSA) is 20.3 Å². The van der Waals surface area contributed by atoms with E-state index in [1.165, 1.54) is 4.90 Å². The van der Waals surface area contributed by atoms with Crippen molar-refractivity contribution in [2.75, 3.05) is 6.54 Å². The molecule has 0 unspecified atom stereocenters. The Hall–Kier alpha value is -1.00. The maximum atomic E-state index is 11.9. The summed E-state index contributed by atoms with van der Waals surface area (Å²) >= 11 is 0. The van der Waals surface area contributed by atoms with Gasteiger partial charge < -0.3 is 4.90 Å². The predicted octanol–water partition coefficient (Wildman–Crippen LogP) is 2.51. The summed E-state index contributed by atoms with van der Waals surface area (Å²) < 4.78 is 35.8. The molecule has 0 bridgehead atoms. The van der Waals surface area contributed by atoms with Crippen LogP contribution in [0.25, 0.3) is 0 Å². The fraction of sp³-hybridized carbons (Fsp3) is 0.700. The van der Waals surface area contributed by atoms with Crippen LogP contribution in [0.5, 0.6) is 0 Å². The molecule has 1 aliphatic heterocycles. The Balaban J connectivity index is 2.61. The lowest BCUT2D eigenvalue weighted by Crippen LogP contribution is -2.33. The molecule has 1 atom stereocenters. The molecule has 15 heavy (non-hydrogen) atoms. The van der Waals surface area contributed by atoms with E-state index >= 15 is 0 Å². The third-order valence-electron chi connectivity index (χ3n) is 2.43. The summed E-state index contributed by atoms with van der Waals surface area (Å²) in [5, 5.41) is 0. The first-order chi connectivity index (χ1) is 6.94. The maximum absolute atomic E-state index is 11.9. The van der Waals surface area contributed by atoms with Crippen LogP contribution < -0.4 is 0 Å². The number of carbonyl (C=O) groups is 1. The monoisotopic (exact) mass is 221 g/mol. The second-order valence-electron chi connectivity index (χ2n) is 3.55. The van der Waals surface area contributed by atoms with Crippen LogP contribution >= 0.6 is 0 Å². The molecule has 0 aromatic carbocycles. The predicted molar refractivity (Wildman–Crippen MR) is 50.2 cm³/mol. The van der Waals surface area contributed by atoms with Gasteiger partial charge in [0.2, 0.25) is 5.91 Å². The molecule has 5 heteroatoms. The molecule has 1 fully saturated rings. The average molecular weight is 221 g/mol. The van der Waals surface area contributed by atoms with E-state index in [4.69, 9.17) is 0 Å². The molecule has 1 aliphatic rings. The smallest absolute Gasteiger partial charge is 0.336 e. The van der Waals surface area contributed by atoms with E-state index < -0.39 is 6.18 Å². The number of allylic oxidation sites excluding steroid dienone is 1. The fourth-order valence-electron chi connectivity index (χ4n) is 1.73. The van der Waals surface area contributed by atoms with Crippen molar-refractivity contribution in [1.29, 1.82) is 0 Å². The van der Waals surface area contributed by atoms with Crippen molar-refractivity contribution in [3.63, 3.8) is 0 Å². The first-order valence-electron chi connectivity index (χ1n) is 4.99. The normalized spacial score (nSPS) is 22.7. The zero-order chi connectivity index (χ0) is 11.5. The van der Waals surface area contributed by atoms with Gasteiger partial charge in [-0.25, -0.2) is 0 Å². The molecule has 0 aliphatic carbocycles. The van der Waals surface area contributed by atoms with Gasteiger partial charge in [-0.3, -0.25) is 4.79 Å². The molecule has 0 aromatic rings. The van der Waals surface area contributed by atoms with Crippen LogP contribution in [0.15, 0.2) is 12.2 Å². The average Bonchev–Trinajstić information content (AvgIpc) is 2.60. The zero-order valence-electron chi connectivity index (χ0n) is 8.55. The minimum absolute atomic E-state index is 0.0793. The van der Waals surface area contributed by atoms with Crippen LogP contribution in [0, 0.1) is 0 Å². The summed E-state index contributed by atoms with van der Waals surface area (Å²) in [4.78, 5) is 12.9. The third kappa shape index (κ3) is 3.57. The largest absolute Gasteiger partial charge is 0.409 e. The molecule has 0 N–H and O–H groups in total. The molecule has 0 spiro atoms.